The van der Waals surface area contributed by atoms with Gasteiger partial charge in [-0.3, -0.25) is 0 Å². The van der Waals surface area contributed by atoms with Crippen molar-refractivity contribution in [3.05, 3.63) is 0 Å². The fourth-order valence-electron chi connectivity index (χ4n) is 0.489. The third-order valence-electron chi connectivity index (χ3n) is 0.855. The second-order valence-corrected chi connectivity index (χ2v) is 1.71. The van der Waals surface area contributed by atoms with Crippen LogP contribution in [0, 0.1) is 0 Å². The summed E-state index contributed by atoms with van der Waals surface area (Å²) in [5.41, 5.74) is 0. The van der Waals surface area contributed by atoms with E-state index in [1.165, 1.54) is 0 Å². The number of hydrogen-bond donors (Lipinski definition) is 2. The molecule has 0 saturated carbocycles. The van der Waals surface area contributed by atoms with Gasteiger partial charge < -0.3 is 25.2 Å². The molecule has 0 aliphatic rings. The maximum atomic E-state index is 8.85. The summed E-state index contributed by atoms with van der Waals surface area (Å²) in [4.78, 5) is 0. The van der Waals surface area contributed by atoms with E-state index in [0.29, 0.717) is 6.61 Å². The smallest absolute Gasteiger partial charge is 0.178 e. The largest absolute Gasteiger partial charge is 0.412 e. The number of hydrogen-bond acceptors (Lipinski definition) is 4. The molecule has 0 rings (SSSR count). The topological polar surface area (TPSA) is 90.4 Å². The van der Waals surface area contributed by atoms with Gasteiger partial charge in [-0.05, 0) is 6.92 Å². The van der Waals surface area contributed by atoms with E-state index in [1.807, 2.05) is 0 Å². The van der Waals surface area contributed by atoms with Crippen LogP contribution in [0.15, 0.2) is 0 Å². The van der Waals surface area contributed by atoms with Crippen molar-refractivity contribution in [2.24, 2.45) is 0 Å². The zero-order valence-corrected chi connectivity index (χ0v) is 6.62. The second kappa shape index (κ2) is 9.80. The zero-order valence-electron chi connectivity index (χ0n) is 6.62. The van der Waals surface area contributed by atoms with Crippen molar-refractivity contribution in [3.8, 4) is 0 Å². The average Bonchev–Trinajstić information content (AvgIpc) is 1.89. The van der Waals surface area contributed by atoms with Gasteiger partial charge >= 0.3 is 0 Å². The van der Waals surface area contributed by atoms with Gasteiger partial charge in [-0.2, -0.15) is 0 Å². The summed E-state index contributed by atoms with van der Waals surface area (Å²) in [6, 6.07) is 0. The predicted molar refractivity (Wildman–Crippen MR) is 39.2 cm³/mol. The summed E-state index contributed by atoms with van der Waals surface area (Å²) in [5.74, 6) is 0. The summed E-state index contributed by atoms with van der Waals surface area (Å²) < 4.78 is 9.51. The maximum Gasteiger partial charge on any atom is 0.178 e. The minimum absolute atomic E-state index is 0. The molecule has 0 heterocycles. The first-order valence-electron chi connectivity index (χ1n) is 3.29. The molecule has 4 N–H and O–H groups in total. The Morgan fingerprint density at radius 3 is 2.55 bits per heavy atom. The third-order valence-corrected chi connectivity index (χ3v) is 0.855. The van der Waals surface area contributed by atoms with Crippen molar-refractivity contribution in [2.75, 3.05) is 26.4 Å². The van der Waals surface area contributed by atoms with Crippen LogP contribution in [0.25, 0.3) is 0 Å². The van der Waals surface area contributed by atoms with Crippen LogP contribution in [0.1, 0.15) is 6.92 Å². The monoisotopic (exact) mass is 168 g/mol. The highest BCUT2D eigenvalue weighted by Gasteiger charge is 2.00. The molecule has 70 valence electrons. The molecule has 0 amide bonds. The SMILES string of the molecule is CCOC(O)COCCO.O. The minimum Gasteiger partial charge on any atom is -0.412 e. The first-order chi connectivity index (χ1) is 4.81. The van der Waals surface area contributed by atoms with Crippen molar-refractivity contribution >= 4 is 0 Å². The molecule has 0 aromatic carbocycles. The van der Waals surface area contributed by atoms with Crippen LogP contribution < -0.4 is 0 Å². The summed E-state index contributed by atoms with van der Waals surface area (Å²) >= 11 is 0. The molecule has 0 aliphatic carbocycles. The lowest BCUT2D eigenvalue weighted by Gasteiger charge is -2.09. The fourth-order valence-corrected chi connectivity index (χ4v) is 0.489. The molecule has 1 atom stereocenters. The van der Waals surface area contributed by atoms with Crippen molar-refractivity contribution < 1.29 is 25.2 Å². The first kappa shape index (κ1) is 13.4. The maximum absolute atomic E-state index is 8.85. The predicted octanol–water partition coefficient (Wildman–Crippen LogP) is -1.47. The summed E-state index contributed by atoms with van der Waals surface area (Å²) in [6.45, 7) is 2.58. The van der Waals surface area contributed by atoms with Gasteiger partial charge in [-0.25, -0.2) is 0 Å². The molecular weight excluding hydrogens is 152 g/mol. The van der Waals surface area contributed by atoms with Crippen LogP contribution >= 0.6 is 0 Å². The zero-order chi connectivity index (χ0) is 7.82. The summed E-state index contributed by atoms with van der Waals surface area (Å²) in [5, 5.41) is 17.1. The molecular formula is C6H16O5. The van der Waals surface area contributed by atoms with E-state index >= 15 is 0 Å². The standard InChI is InChI=1S/C6H14O4.H2O/c1-2-10-6(8)5-9-4-3-7;/h6-8H,2-5H2,1H3;1H2. The van der Waals surface area contributed by atoms with Gasteiger partial charge in [0.2, 0.25) is 0 Å². The van der Waals surface area contributed by atoms with Crippen molar-refractivity contribution in [1.82, 2.24) is 0 Å². The Kier molecular flexibility index (Phi) is 11.9. The van der Waals surface area contributed by atoms with Crippen LogP contribution in [-0.2, 0) is 9.47 Å². The van der Waals surface area contributed by atoms with Gasteiger partial charge in [0.05, 0.1) is 19.8 Å². The molecule has 5 heteroatoms. The van der Waals surface area contributed by atoms with E-state index in [0.717, 1.165) is 0 Å². The van der Waals surface area contributed by atoms with Gasteiger partial charge in [-0.1, -0.05) is 0 Å². The summed E-state index contributed by atoms with van der Waals surface area (Å²) in [7, 11) is 0. The van der Waals surface area contributed by atoms with Gasteiger partial charge in [0.25, 0.3) is 0 Å². The van der Waals surface area contributed by atoms with Crippen LogP contribution in [0.2, 0.25) is 0 Å². The van der Waals surface area contributed by atoms with Gasteiger partial charge in [-0.15, -0.1) is 0 Å². The van der Waals surface area contributed by atoms with E-state index in [2.05, 4.69) is 0 Å². The van der Waals surface area contributed by atoms with E-state index < -0.39 is 6.29 Å². The van der Waals surface area contributed by atoms with Crippen LogP contribution in [0.3, 0.4) is 0 Å². The Labute approximate surface area is 65.9 Å². The Morgan fingerprint density at radius 1 is 1.45 bits per heavy atom. The molecule has 0 radical (unpaired) electrons. The lowest BCUT2D eigenvalue weighted by Crippen LogP contribution is -2.19. The molecule has 11 heavy (non-hydrogen) atoms. The number of aliphatic hydroxyl groups is 2. The molecule has 0 aliphatic heterocycles. The normalized spacial score (nSPS) is 12.3. The number of ether oxygens (including phenoxy) is 2. The molecule has 5 nitrogen and oxygen atoms in total. The van der Waals surface area contributed by atoms with E-state index in [-0.39, 0.29) is 25.3 Å². The Morgan fingerprint density at radius 2 is 2.09 bits per heavy atom. The van der Waals surface area contributed by atoms with Gasteiger partial charge in [0.15, 0.2) is 6.29 Å². The Bertz CT molecular complexity index is 68.0. The molecule has 0 spiro atoms. The lowest BCUT2D eigenvalue weighted by molar-refractivity contribution is -0.136. The van der Waals surface area contributed by atoms with Crippen molar-refractivity contribution in [2.45, 2.75) is 13.2 Å². The van der Waals surface area contributed by atoms with Crippen LogP contribution in [0.5, 0.6) is 0 Å². The Balaban J connectivity index is 0. The highest BCUT2D eigenvalue weighted by Crippen LogP contribution is 1.86. The molecule has 0 fully saturated rings. The summed E-state index contributed by atoms with van der Waals surface area (Å²) in [6.07, 6.45) is -0.864. The average molecular weight is 168 g/mol. The van der Waals surface area contributed by atoms with Crippen molar-refractivity contribution in [1.29, 1.82) is 0 Å². The lowest BCUT2D eigenvalue weighted by atomic mass is 10.6. The van der Waals surface area contributed by atoms with E-state index in [9.17, 15) is 0 Å². The number of aliphatic hydroxyl groups excluding tert-OH is 2. The molecule has 0 bridgehead atoms. The molecule has 0 aromatic heterocycles. The van der Waals surface area contributed by atoms with Gasteiger partial charge in [0, 0.05) is 6.61 Å². The Hall–Kier alpha value is -0.200. The van der Waals surface area contributed by atoms with E-state index in [4.69, 9.17) is 19.7 Å². The van der Waals surface area contributed by atoms with E-state index in [1.54, 1.807) is 6.92 Å². The van der Waals surface area contributed by atoms with Gasteiger partial charge in [0.1, 0.15) is 0 Å². The van der Waals surface area contributed by atoms with Crippen LogP contribution in [0.4, 0.5) is 0 Å². The van der Waals surface area contributed by atoms with Crippen molar-refractivity contribution in [3.63, 3.8) is 0 Å². The minimum atomic E-state index is -0.864. The molecule has 0 aromatic rings. The quantitative estimate of drug-likeness (QED) is 0.374. The van der Waals surface area contributed by atoms with Crippen LogP contribution in [-0.4, -0.2) is 48.4 Å². The first-order valence-corrected chi connectivity index (χ1v) is 3.29. The highest BCUT2D eigenvalue weighted by molar-refractivity contribution is 4.35. The number of rotatable bonds is 6. The third kappa shape index (κ3) is 9.80. The fraction of sp³-hybridized carbons (Fsp3) is 1.00. The highest BCUT2D eigenvalue weighted by atomic mass is 16.6. The molecule has 1 unspecified atom stereocenters. The second-order valence-electron chi connectivity index (χ2n) is 1.71. The molecule has 0 saturated heterocycles.